The first-order valence-electron chi connectivity index (χ1n) is 19.4. The maximum Gasteiger partial charge on any atom is 0.133 e. The fourth-order valence-electron chi connectivity index (χ4n) is 9.52. The minimum Gasteiger partial charge on any atom is -0.457 e. The summed E-state index contributed by atoms with van der Waals surface area (Å²) in [6.07, 6.45) is 0. The molecule has 2 aliphatic rings. The standard InChI is InChI=1S/C53H37NOSi/c1-3-16-37(17-4-1)38-30-32-40(33-31-38)54(48-26-15-19-39-18-7-8-22-43(39)48)41-34-35-47-52(36-41)56(42-20-5-2-6-21-42)51-29-14-11-25-46(51)53(47)44-23-9-12-27-49(44)55-50-28-13-10-24-45(50)53/h1-36,56H. The van der Waals surface area contributed by atoms with Crippen molar-refractivity contribution in [3.8, 4) is 22.6 Å². The third kappa shape index (κ3) is 4.95. The lowest BCUT2D eigenvalue weighted by molar-refractivity contribution is 0.435. The lowest BCUT2D eigenvalue weighted by atomic mass is 9.63. The summed E-state index contributed by atoms with van der Waals surface area (Å²) in [5.41, 5.74) is 10.3. The van der Waals surface area contributed by atoms with Crippen LogP contribution >= 0.6 is 0 Å². The normalized spacial score (nSPS) is 14.5. The van der Waals surface area contributed by atoms with Crippen molar-refractivity contribution < 1.29 is 4.74 Å². The summed E-state index contributed by atoms with van der Waals surface area (Å²) in [6.45, 7) is 0. The van der Waals surface area contributed by atoms with Crippen molar-refractivity contribution in [1.29, 1.82) is 0 Å². The molecule has 2 heterocycles. The molecule has 9 aromatic rings. The Kier molecular flexibility index (Phi) is 7.61. The highest BCUT2D eigenvalue weighted by Crippen LogP contribution is 2.56. The monoisotopic (exact) mass is 731 g/mol. The first-order chi connectivity index (χ1) is 27.8. The smallest absolute Gasteiger partial charge is 0.133 e. The van der Waals surface area contributed by atoms with Gasteiger partial charge in [-0.25, -0.2) is 0 Å². The third-order valence-corrected chi connectivity index (χ3v) is 15.1. The number of anilines is 3. The average Bonchev–Trinajstić information content (AvgIpc) is 3.27. The molecule has 0 fully saturated rings. The molecular formula is C53H37NOSi. The molecule has 3 heteroatoms. The molecule has 0 bridgehead atoms. The fourth-order valence-corrected chi connectivity index (χ4v) is 13.1. The van der Waals surface area contributed by atoms with E-state index in [1.807, 2.05) is 0 Å². The molecule has 0 amide bonds. The second-order valence-corrected chi connectivity index (χ2v) is 17.6. The number of rotatable bonds is 5. The van der Waals surface area contributed by atoms with Crippen LogP contribution in [0.5, 0.6) is 11.5 Å². The predicted molar refractivity (Wildman–Crippen MR) is 235 cm³/mol. The second-order valence-electron chi connectivity index (χ2n) is 14.8. The van der Waals surface area contributed by atoms with Crippen LogP contribution in [0, 0.1) is 0 Å². The van der Waals surface area contributed by atoms with Gasteiger partial charge >= 0.3 is 0 Å². The van der Waals surface area contributed by atoms with Crippen LogP contribution < -0.4 is 25.2 Å². The van der Waals surface area contributed by atoms with Crippen molar-refractivity contribution in [2.75, 3.05) is 4.90 Å². The predicted octanol–water partition coefficient (Wildman–Crippen LogP) is 11.0. The highest BCUT2D eigenvalue weighted by molar-refractivity contribution is 6.96. The number of hydrogen-bond acceptors (Lipinski definition) is 2. The van der Waals surface area contributed by atoms with Crippen molar-refractivity contribution in [3.05, 3.63) is 241 Å². The van der Waals surface area contributed by atoms with E-state index in [4.69, 9.17) is 4.74 Å². The molecule has 1 unspecified atom stereocenters. The molecule has 0 aliphatic carbocycles. The van der Waals surface area contributed by atoms with E-state index in [-0.39, 0.29) is 0 Å². The summed E-state index contributed by atoms with van der Waals surface area (Å²) < 4.78 is 6.71. The SMILES string of the molecule is c1ccc(-c2ccc(N(c3ccc4c(c3)[SiH](c3ccccc3)c3ccccc3C43c4ccccc4Oc4ccccc43)c3cccc4ccccc34)cc2)cc1. The van der Waals surface area contributed by atoms with E-state index in [0.29, 0.717) is 0 Å². The van der Waals surface area contributed by atoms with Gasteiger partial charge in [-0.2, -0.15) is 0 Å². The van der Waals surface area contributed by atoms with Crippen LogP contribution in [0.25, 0.3) is 21.9 Å². The largest absolute Gasteiger partial charge is 0.457 e. The van der Waals surface area contributed by atoms with Crippen LogP contribution in [0.15, 0.2) is 218 Å². The van der Waals surface area contributed by atoms with Crippen LogP contribution in [0.2, 0.25) is 0 Å². The Morgan fingerprint density at radius 1 is 0.393 bits per heavy atom. The van der Waals surface area contributed by atoms with Gasteiger partial charge in [0.15, 0.2) is 0 Å². The van der Waals surface area contributed by atoms with Gasteiger partial charge in [0.25, 0.3) is 0 Å². The molecular weight excluding hydrogens is 695 g/mol. The maximum absolute atomic E-state index is 6.71. The summed E-state index contributed by atoms with van der Waals surface area (Å²) in [5.74, 6) is 1.82. The zero-order valence-electron chi connectivity index (χ0n) is 30.7. The highest BCUT2D eigenvalue weighted by Gasteiger charge is 2.51. The van der Waals surface area contributed by atoms with Crippen molar-refractivity contribution in [1.82, 2.24) is 0 Å². The molecule has 56 heavy (non-hydrogen) atoms. The first kappa shape index (κ1) is 32.5. The number of fused-ring (bicyclic) bond motifs is 9. The molecule has 2 nitrogen and oxygen atoms in total. The van der Waals surface area contributed by atoms with E-state index in [9.17, 15) is 0 Å². The maximum atomic E-state index is 6.71. The Balaban J connectivity index is 1.21. The van der Waals surface area contributed by atoms with E-state index < -0.39 is 14.2 Å². The van der Waals surface area contributed by atoms with Crippen LogP contribution in [-0.4, -0.2) is 8.80 Å². The van der Waals surface area contributed by atoms with E-state index in [0.717, 1.165) is 28.6 Å². The highest BCUT2D eigenvalue weighted by atomic mass is 28.3. The summed E-state index contributed by atoms with van der Waals surface area (Å²) >= 11 is 0. The quantitative estimate of drug-likeness (QED) is 0.163. The summed E-state index contributed by atoms with van der Waals surface area (Å²) in [4.78, 5) is 2.47. The zero-order chi connectivity index (χ0) is 37.1. The minimum absolute atomic E-state index is 0.560. The average molecular weight is 732 g/mol. The van der Waals surface area contributed by atoms with Gasteiger partial charge in [-0.05, 0) is 80.5 Å². The van der Waals surface area contributed by atoms with Gasteiger partial charge in [-0.15, -0.1) is 0 Å². The molecule has 9 aromatic carbocycles. The third-order valence-electron chi connectivity index (χ3n) is 11.9. The first-order valence-corrected chi connectivity index (χ1v) is 21.1. The molecule has 1 spiro atoms. The molecule has 264 valence electrons. The lowest BCUT2D eigenvalue weighted by Gasteiger charge is -2.47. The Hall–Kier alpha value is -6.94. The van der Waals surface area contributed by atoms with Gasteiger partial charge in [0, 0.05) is 27.9 Å². The second kappa shape index (κ2) is 13.1. The van der Waals surface area contributed by atoms with Crippen LogP contribution in [-0.2, 0) is 5.41 Å². The van der Waals surface area contributed by atoms with Crippen molar-refractivity contribution >= 4 is 52.2 Å². The summed E-state index contributed by atoms with van der Waals surface area (Å²) in [6, 6.07) is 80.2. The van der Waals surface area contributed by atoms with Gasteiger partial charge in [0.2, 0.25) is 0 Å². The molecule has 2 aliphatic heterocycles. The van der Waals surface area contributed by atoms with Gasteiger partial charge in [0.1, 0.15) is 20.3 Å². The Labute approximate surface area is 329 Å². The van der Waals surface area contributed by atoms with E-state index >= 15 is 0 Å². The molecule has 1 atom stereocenters. The number of ether oxygens (including phenoxy) is 1. The minimum atomic E-state index is -2.03. The van der Waals surface area contributed by atoms with E-state index in [1.54, 1.807) is 0 Å². The van der Waals surface area contributed by atoms with Gasteiger partial charge in [-0.3, -0.25) is 0 Å². The molecule has 0 aromatic heterocycles. The lowest BCUT2D eigenvalue weighted by Crippen LogP contribution is -2.62. The molecule has 0 radical (unpaired) electrons. The number of hydrogen-bond donors (Lipinski definition) is 0. The van der Waals surface area contributed by atoms with Crippen LogP contribution in [0.4, 0.5) is 17.1 Å². The van der Waals surface area contributed by atoms with Crippen molar-refractivity contribution in [3.63, 3.8) is 0 Å². The van der Waals surface area contributed by atoms with Crippen LogP contribution in [0.1, 0.15) is 22.3 Å². The molecule has 0 N–H and O–H groups in total. The Morgan fingerprint density at radius 2 is 0.946 bits per heavy atom. The zero-order valence-corrected chi connectivity index (χ0v) is 31.9. The van der Waals surface area contributed by atoms with E-state index in [2.05, 4.69) is 223 Å². The van der Waals surface area contributed by atoms with E-state index in [1.165, 1.54) is 59.7 Å². The molecule has 11 rings (SSSR count). The number of para-hydroxylation sites is 2. The molecule has 0 saturated heterocycles. The van der Waals surface area contributed by atoms with Crippen LogP contribution in [0.3, 0.4) is 0 Å². The molecule has 0 saturated carbocycles. The topological polar surface area (TPSA) is 12.5 Å². The Morgan fingerprint density at radius 3 is 1.70 bits per heavy atom. The summed E-state index contributed by atoms with van der Waals surface area (Å²) in [5, 5.41) is 6.70. The fraction of sp³-hybridized carbons (Fsp3) is 0.0189. The van der Waals surface area contributed by atoms with Crippen molar-refractivity contribution in [2.24, 2.45) is 0 Å². The van der Waals surface area contributed by atoms with Gasteiger partial charge in [-0.1, -0.05) is 181 Å². The summed E-state index contributed by atoms with van der Waals surface area (Å²) in [7, 11) is -2.03. The Bertz CT molecular complexity index is 2850. The van der Waals surface area contributed by atoms with Gasteiger partial charge < -0.3 is 9.64 Å². The number of benzene rings is 9. The van der Waals surface area contributed by atoms with Crippen molar-refractivity contribution in [2.45, 2.75) is 5.41 Å². The number of nitrogens with zero attached hydrogens (tertiary/aromatic N) is 1. The van der Waals surface area contributed by atoms with Gasteiger partial charge in [0.05, 0.1) is 11.1 Å².